The van der Waals surface area contributed by atoms with E-state index >= 15 is 0 Å². The van der Waals surface area contributed by atoms with Crippen molar-refractivity contribution in [3.63, 3.8) is 0 Å². The lowest BCUT2D eigenvalue weighted by atomic mass is 10.1. The molecule has 0 saturated heterocycles. The van der Waals surface area contributed by atoms with Gasteiger partial charge in [0.25, 0.3) is 17.7 Å². The molecule has 0 saturated carbocycles. The molecule has 1 atom stereocenters. The van der Waals surface area contributed by atoms with Crippen molar-refractivity contribution in [2.75, 3.05) is 24.7 Å². The van der Waals surface area contributed by atoms with E-state index in [-0.39, 0.29) is 23.3 Å². The van der Waals surface area contributed by atoms with Crippen molar-refractivity contribution in [2.45, 2.75) is 26.1 Å². The van der Waals surface area contributed by atoms with Crippen molar-refractivity contribution in [3.05, 3.63) is 59.2 Å². The first kappa shape index (κ1) is 23.3. The second-order valence-electron chi connectivity index (χ2n) is 7.14. The predicted molar refractivity (Wildman–Crippen MR) is 109 cm³/mol. The van der Waals surface area contributed by atoms with E-state index in [9.17, 15) is 27.6 Å². The molecule has 2 aromatic rings. The zero-order valence-electron chi connectivity index (χ0n) is 17.4. The maximum absolute atomic E-state index is 12.9. The maximum atomic E-state index is 12.9. The van der Waals surface area contributed by atoms with Gasteiger partial charge in [0, 0.05) is 11.6 Å². The summed E-state index contributed by atoms with van der Waals surface area (Å²) in [4.78, 5) is 39.1. The largest absolute Gasteiger partial charge is 0.494 e. The number of amides is 3. The molecule has 1 aliphatic rings. The summed E-state index contributed by atoms with van der Waals surface area (Å²) in [6.45, 7) is 2.06. The smallest absolute Gasteiger partial charge is 0.411 e. The van der Waals surface area contributed by atoms with E-state index in [0.717, 1.165) is 4.90 Å². The van der Waals surface area contributed by atoms with Crippen LogP contribution >= 0.6 is 0 Å². The number of hydrogen-bond acceptors (Lipinski definition) is 5. The summed E-state index contributed by atoms with van der Waals surface area (Å²) >= 11 is 0. The average molecular weight is 450 g/mol. The standard InChI is InChI=1S/C22H21F3N2O5/c1-3-32-16-7-5-15(6-8-16)27-20(29)17-9-4-14(10-18(17)21(27)30)19(28)26-13(2)11-31-12-22(23,24)25/h4-10,13H,3,11-12H2,1-2H3,(H,26,28). The Morgan fingerprint density at radius 1 is 1.06 bits per heavy atom. The molecule has 0 aromatic heterocycles. The Morgan fingerprint density at radius 2 is 1.72 bits per heavy atom. The van der Waals surface area contributed by atoms with Crippen LogP contribution in [-0.4, -0.2) is 49.8 Å². The average Bonchev–Trinajstić information content (AvgIpc) is 2.98. The van der Waals surface area contributed by atoms with E-state index in [1.165, 1.54) is 25.1 Å². The topological polar surface area (TPSA) is 84.9 Å². The Bertz CT molecular complexity index is 1020. The lowest BCUT2D eigenvalue weighted by Crippen LogP contribution is -2.37. The molecule has 0 bridgehead atoms. The number of anilines is 1. The zero-order valence-corrected chi connectivity index (χ0v) is 17.4. The van der Waals surface area contributed by atoms with Crippen LogP contribution in [0.3, 0.4) is 0 Å². The third kappa shape index (κ3) is 5.25. The highest BCUT2D eigenvalue weighted by atomic mass is 19.4. The molecule has 10 heteroatoms. The third-order valence-electron chi connectivity index (χ3n) is 4.57. The first-order chi connectivity index (χ1) is 15.1. The van der Waals surface area contributed by atoms with Gasteiger partial charge in [0.1, 0.15) is 12.4 Å². The monoisotopic (exact) mass is 450 g/mol. The molecule has 7 nitrogen and oxygen atoms in total. The molecular weight excluding hydrogens is 429 g/mol. The second kappa shape index (κ2) is 9.39. The molecule has 0 aliphatic carbocycles. The van der Waals surface area contributed by atoms with Crippen molar-refractivity contribution >= 4 is 23.4 Å². The Balaban J connectivity index is 1.70. The molecule has 1 aliphatic heterocycles. The molecule has 3 amide bonds. The lowest BCUT2D eigenvalue weighted by molar-refractivity contribution is -0.174. The van der Waals surface area contributed by atoms with Crippen molar-refractivity contribution in [3.8, 4) is 5.75 Å². The fourth-order valence-electron chi connectivity index (χ4n) is 3.17. The summed E-state index contributed by atoms with van der Waals surface area (Å²) in [5.41, 5.74) is 0.682. The minimum Gasteiger partial charge on any atom is -0.494 e. The van der Waals surface area contributed by atoms with Crippen LogP contribution in [0.25, 0.3) is 0 Å². The number of fused-ring (bicyclic) bond motifs is 1. The number of nitrogens with one attached hydrogen (secondary N) is 1. The van der Waals surface area contributed by atoms with Crippen LogP contribution in [0.2, 0.25) is 0 Å². The van der Waals surface area contributed by atoms with Crippen molar-refractivity contribution in [1.82, 2.24) is 5.32 Å². The van der Waals surface area contributed by atoms with E-state index in [2.05, 4.69) is 10.1 Å². The van der Waals surface area contributed by atoms with Gasteiger partial charge in [-0.05, 0) is 56.3 Å². The van der Waals surface area contributed by atoms with Gasteiger partial charge in [-0.25, -0.2) is 4.90 Å². The number of carbonyl (C=O) groups excluding carboxylic acids is 3. The predicted octanol–water partition coefficient (Wildman–Crippen LogP) is 3.58. The summed E-state index contributed by atoms with van der Waals surface area (Å²) in [6, 6.07) is 9.81. The number of rotatable bonds is 8. The SMILES string of the molecule is CCOc1ccc(N2C(=O)c3ccc(C(=O)NC(C)COCC(F)(F)F)cc3C2=O)cc1. The number of nitrogens with zero attached hydrogens (tertiary/aromatic N) is 1. The van der Waals surface area contributed by atoms with Crippen LogP contribution in [0.1, 0.15) is 44.9 Å². The van der Waals surface area contributed by atoms with Crippen LogP contribution in [0.15, 0.2) is 42.5 Å². The Hall–Kier alpha value is -3.40. The molecule has 1 heterocycles. The maximum Gasteiger partial charge on any atom is 0.411 e. The van der Waals surface area contributed by atoms with Gasteiger partial charge in [-0.1, -0.05) is 0 Å². The number of ether oxygens (including phenoxy) is 2. The number of alkyl halides is 3. The minimum absolute atomic E-state index is 0.0671. The number of halogens is 3. The first-order valence-electron chi connectivity index (χ1n) is 9.81. The quantitative estimate of drug-likeness (QED) is 0.622. The minimum atomic E-state index is -4.45. The van der Waals surface area contributed by atoms with Crippen LogP contribution in [0.4, 0.5) is 18.9 Å². The van der Waals surface area contributed by atoms with Gasteiger partial charge in [0.2, 0.25) is 0 Å². The second-order valence-corrected chi connectivity index (χ2v) is 7.14. The van der Waals surface area contributed by atoms with Crippen molar-refractivity contribution in [2.24, 2.45) is 0 Å². The third-order valence-corrected chi connectivity index (χ3v) is 4.57. The van der Waals surface area contributed by atoms with Crippen molar-refractivity contribution < 1.29 is 37.0 Å². The van der Waals surface area contributed by atoms with Crippen molar-refractivity contribution in [1.29, 1.82) is 0 Å². The molecule has 32 heavy (non-hydrogen) atoms. The van der Waals surface area contributed by atoms with Crippen LogP contribution in [0, 0.1) is 0 Å². The first-order valence-corrected chi connectivity index (χ1v) is 9.81. The summed E-state index contributed by atoms with van der Waals surface area (Å²) < 4.78 is 46.4. The van der Waals surface area contributed by atoms with E-state index in [1.807, 2.05) is 6.92 Å². The van der Waals surface area contributed by atoms with Gasteiger partial charge in [-0.2, -0.15) is 13.2 Å². The van der Waals surface area contributed by atoms with Gasteiger partial charge in [-0.3, -0.25) is 14.4 Å². The summed E-state index contributed by atoms with van der Waals surface area (Å²) in [6.07, 6.45) is -4.45. The van der Waals surface area contributed by atoms with E-state index in [1.54, 1.807) is 24.3 Å². The Kier molecular flexibility index (Phi) is 6.83. The fourth-order valence-corrected chi connectivity index (χ4v) is 3.17. The summed E-state index contributed by atoms with van der Waals surface area (Å²) in [7, 11) is 0. The van der Waals surface area contributed by atoms with Gasteiger partial charge >= 0.3 is 6.18 Å². The van der Waals surface area contributed by atoms with Gasteiger partial charge in [-0.15, -0.1) is 0 Å². The van der Waals surface area contributed by atoms with Crippen LogP contribution in [-0.2, 0) is 4.74 Å². The van der Waals surface area contributed by atoms with Gasteiger partial charge in [0.05, 0.1) is 30.0 Å². The van der Waals surface area contributed by atoms with Crippen LogP contribution < -0.4 is 15.0 Å². The zero-order chi connectivity index (χ0) is 23.5. The van der Waals surface area contributed by atoms with Crippen LogP contribution in [0.5, 0.6) is 5.75 Å². The Labute approximate surface area is 182 Å². The molecule has 0 fully saturated rings. The van der Waals surface area contributed by atoms with Gasteiger partial charge < -0.3 is 14.8 Å². The normalized spacial score (nSPS) is 14.3. The van der Waals surface area contributed by atoms with E-state index in [4.69, 9.17) is 4.74 Å². The number of hydrogen-bond donors (Lipinski definition) is 1. The number of carbonyl (C=O) groups is 3. The van der Waals surface area contributed by atoms with E-state index in [0.29, 0.717) is 18.0 Å². The van der Waals surface area contributed by atoms with Gasteiger partial charge in [0.15, 0.2) is 0 Å². The molecule has 0 radical (unpaired) electrons. The molecule has 1 N–H and O–H groups in total. The molecule has 2 aromatic carbocycles. The molecular formula is C22H21F3N2O5. The fraction of sp³-hybridized carbons (Fsp3) is 0.318. The number of benzene rings is 2. The highest BCUT2D eigenvalue weighted by Crippen LogP contribution is 2.30. The number of imide groups is 1. The Morgan fingerprint density at radius 3 is 2.34 bits per heavy atom. The van der Waals surface area contributed by atoms with E-state index < -0.39 is 36.5 Å². The summed E-state index contributed by atoms with van der Waals surface area (Å²) in [5, 5.41) is 2.51. The highest BCUT2D eigenvalue weighted by molar-refractivity contribution is 6.34. The molecule has 1 unspecified atom stereocenters. The highest BCUT2D eigenvalue weighted by Gasteiger charge is 2.37. The molecule has 0 spiro atoms. The molecule has 170 valence electrons. The lowest BCUT2D eigenvalue weighted by Gasteiger charge is -2.15. The summed E-state index contributed by atoms with van der Waals surface area (Å²) in [5.74, 6) is -1.10. The molecule has 3 rings (SSSR count).